The maximum atomic E-state index is 13.3. The number of amides is 1. The lowest BCUT2D eigenvalue weighted by atomic mass is 9.90. The van der Waals surface area contributed by atoms with E-state index in [4.69, 9.17) is 33.0 Å². The van der Waals surface area contributed by atoms with Crippen molar-refractivity contribution in [1.29, 1.82) is 0 Å². The van der Waals surface area contributed by atoms with Crippen LogP contribution in [0.3, 0.4) is 0 Å². The molecular weight excluding hydrogens is 445 g/mol. The van der Waals surface area contributed by atoms with Crippen LogP contribution in [0.15, 0.2) is 47.6 Å². The summed E-state index contributed by atoms with van der Waals surface area (Å²) in [6, 6.07) is 13.3. The summed E-state index contributed by atoms with van der Waals surface area (Å²) in [5.74, 6) is 0.569. The molecule has 0 spiro atoms. The second-order valence-electron chi connectivity index (χ2n) is 8.59. The molecule has 32 heavy (non-hydrogen) atoms. The molecule has 170 valence electrons. The highest BCUT2D eigenvalue weighted by Crippen LogP contribution is 2.42. The number of hydrogen-bond acceptors (Lipinski definition) is 4. The standard InChI is InChI=1S/C25H29Cl2N3O2/c1-16-23(25(31)28-19-7-5-3-4-6-8-19)29-30(22-14-11-18(26)15-21(22)27)24(16)17-9-12-20(32-2)13-10-17/h9-16,19,24H,3-8H2,1-2H3,(H,28,31)/t16-,24-/m0/s1. The molecule has 5 nitrogen and oxygen atoms in total. The maximum Gasteiger partial charge on any atom is 0.268 e. The number of hydrogen-bond donors (Lipinski definition) is 1. The van der Waals surface area contributed by atoms with Gasteiger partial charge in [0.2, 0.25) is 0 Å². The summed E-state index contributed by atoms with van der Waals surface area (Å²) in [5.41, 5.74) is 2.28. The van der Waals surface area contributed by atoms with E-state index in [0.29, 0.717) is 15.8 Å². The highest BCUT2D eigenvalue weighted by Gasteiger charge is 2.40. The molecule has 2 aromatic carbocycles. The van der Waals surface area contributed by atoms with Crippen molar-refractivity contribution in [3.63, 3.8) is 0 Å². The third kappa shape index (κ3) is 4.89. The molecule has 1 amide bonds. The zero-order chi connectivity index (χ0) is 22.7. The third-order valence-electron chi connectivity index (χ3n) is 6.42. The van der Waals surface area contributed by atoms with E-state index in [0.717, 1.165) is 42.7 Å². The number of rotatable bonds is 5. The molecule has 0 bridgehead atoms. The zero-order valence-electron chi connectivity index (χ0n) is 18.5. The Hall–Kier alpha value is -2.24. The van der Waals surface area contributed by atoms with Gasteiger partial charge in [-0.15, -0.1) is 0 Å². The van der Waals surface area contributed by atoms with Crippen molar-refractivity contribution >= 4 is 40.5 Å². The first kappa shape index (κ1) is 22.9. The first-order valence-electron chi connectivity index (χ1n) is 11.3. The normalized spacial score (nSPS) is 21.8. The smallest absolute Gasteiger partial charge is 0.268 e. The molecule has 1 fully saturated rings. The van der Waals surface area contributed by atoms with Gasteiger partial charge < -0.3 is 10.1 Å². The predicted molar refractivity (Wildman–Crippen MR) is 131 cm³/mol. The quantitative estimate of drug-likeness (QED) is 0.511. The zero-order valence-corrected chi connectivity index (χ0v) is 20.0. The van der Waals surface area contributed by atoms with Crippen LogP contribution in [0.25, 0.3) is 0 Å². The molecule has 4 rings (SSSR count). The van der Waals surface area contributed by atoms with Crippen LogP contribution < -0.4 is 15.1 Å². The van der Waals surface area contributed by atoms with E-state index in [1.807, 2.05) is 42.3 Å². The number of nitrogens with one attached hydrogen (secondary N) is 1. The largest absolute Gasteiger partial charge is 0.497 e. The Labute approximate surface area is 199 Å². The van der Waals surface area contributed by atoms with Gasteiger partial charge in [0.15, 0.2) is 0 Å². The van der Waals surface area contributed by atoms with Crippen LogP contribution in [0.5, 0.6) is 5.75 Å². The molecule has 1 saturated carbocycles. The second-order valence-corrected chi connectivity index (χ2v) is 9.44. The Balaban J connectivity index is 1.66. The van der Waals surface area contributed by atoms with E-state index in [1.165, 1.54) is 12.8 Å². The lowest BCUT2D eigenvalue weighted by molar-refractivity contribution is -0.115. The minimum absolute atomic E-state index is 0.0875. The van der Waals surface area contributed by atoms with Crippen molar-refractivity contribution in [1.82, 2.24) is 5.32 Å². The van der Waals surface area contributed by atoms with E-state index in [1.54, 1.807) is 19.2 Å². The van der Waals surface area contributed by atoms with Crippen molar-refractivity contribution in [2.45, 2.75) is 57.5 Å². The summed E-state index contributed by atoms with van der Waals surface area (Å²) < 4.78 is 5.31. The summed E-state index contributed by atoms with van der Waals surface area (Å²) in [7, 11) is 1.64. The lowest BCUT2D eigenvalue weighted by Gasteiger charge is -2.27. The molecule has 0 unspecified atom stereocenters. The Morgan fingerprint density at radius 2 is 1.75 bits per heavy atom. The predicted octanol–water partition coefficient (Wildman–Crippen LogP) is 6.39. The number of methoxy groups -OCH3 is 1. The lowest BCUT2D eigenvalue weighted by Crippen LogP contribution is -2.40. The van der Waals surface area contributed by atoms with Crippen molar-refractivity contribution < 1.29 is 9.53 Å². The van der Waals surface area contributed by atoms with Crippen molar-refractivity contribution in [2.75, 3.05) is 12.1 Å². The Morgan fingerprint density at radius 1 is 1.06 bits per heavy atom. The van der Waals surface area contributed by atoms with E-state index >= 15 is 0 Å². The molecule has 1 N–H and O–H groups in total. The number of nitrogens with zero attached hydrogens (tertiary/aromatic N) is 2. The number of ether oxygens (including phenoxy) is 1. The first-order chi connectivity index (χ1) is 15.5. The number of anilines is 1. The first-order valence-corrected chi connectivity index (χ1v) is 12.0. The highest BCUT2D eigenvalue weighted by atomic mass is 35.5. The van der Waals surface area contributed by atoms with Gasteiger partial charge in [-0.1, -0.05) is 67.9 Å². The summed E-state index contributed by atoms with van der Waals surface area (Å²) in [6.45, 7) is 2.05. The number of benzene rings is 2. The van der Waals surface area contributed by atoms with E-state index in [-0.39, 0.29) is 23.9 Å². The number of carbonyl (C=O) groups excluding carboxylic acids is 1. The summed E-state index contributed by atoms with van der Waals surface area (Å²) >= 11 is 12.7. The topological polar surface area (TPSA) is 53.9 Å². The highest BCUT2D eigenvalue weighted by molar-refractivity contribution is 6.41. The minimum Gasteiger partial charge on any atom is -0.497 e. The molecule has 2 aromatic rings. The SMILES string of the molecule is COc1ccc([C@@H]2[C@@H](C)C(C(=O)NC3CCCCCC3)=NN2c2ccc(Cl)cc2Cl)cc1. The van der Waals surface area contributed by atoms with Crippen LogP contribution >= 0.6 is 23.2 Å². The van der Waals surface area contributed by atoms with Gasteiger partial charge in [0.05, 0.1) is 23.9 Å². The monoisotopic (exact) mass is 473 g/mol. The molecule has 7 heteroatoms. The van der Waals surface area contributed by atoms with Crippen molar-refractivity contribution in [3.05, 3.63) is 58.1 Å². The summed E-state index contributed by atoms with van der Waals surface area (Å²) in [4.78, 5) is 13.3. The van der Waals surface area contributed by atoms with Crippen LogP contribution in [0.2, 0.25) is 10.0 Å². The molecule has 1 aliphatic heterocycles. The fourth-order valence-corrected chi connectivity index (χ4v) is 5.16. The van der Waals surface area contributed by atoms with Crippen LogP contribution in [-0.4, -0.2) is 24.8 Å². The van der Waals surface area contributed by atoms with Crippen molar-refractivity contribution in [3.8, 4) is 5.75 Å². The van der Waals surface area contributed by atoms with Gasteiger partial charge in [-0.2, -0.15) is 5.10 Å². The molecule has 1 heterocycles. The van der Waals surface area contributed by atoms with Gasteiger partial charge in [-0.25, -0.2) is 0 Å². The van der Waals surface area contributed by atoms with Gasteiger partial charge in [0.1, 0.15) is 11.5 Å². The molecule has 0 saturated heterocycles. The van der Waals surface area contributed by atoms with Gasteiger partial charge in [0, 0.05) is 17.0 Å². The van der Waals surface area contributed by atoms with Gasteiger partial charge in [0.25, 0.3) is 5.91 Å². The molecule has 2 aliphatic rings. The molecule has 1 aliphatic carbocycles. The van der Waals surface area contributed by atoms with Crippen LogP contribution in [0.4, 0.5) is 5.69 Å². The average molecular weight is 474 g/mol. The van der Waals surface area contributed by atoms with E-state index in [9.17, 15) is 4.79 Å². The third-order valence-corrected chi connectivity index (χ3v) is 6.96. The van der Waals surface area contributed by atoms with Crippen LogP contribution in [-0.2, 0) is 4.79 Å². The minimum atomic E-state index is -0.172. The van der Waals surface area contributed by atoms with Crippen LogP contribution in [0.1, 0.15) is 57.1 Å². The van der Waals surface area contributed by atoms with Gasteiger partial charge >= 0.3 is 0 Å². The fraction of sp³-hybridized carbons (Fsp3) is 0.440. The molecule has 0 aromatic heterocycles. The van der Waals surface area contributed by atoms with Crippen LogP contribution in [0, 0.1) is 5.92 Å². The maximum absolute atomic E-state index is 13.3. The average Bonchev–Trinajstić information content (AvgIpc) is 2.94. The molecular formula is C25H29Cl2N3O2. The molecule has 2 atom stereocenters. The van der Waals surface area contributed by atoms with E-state index in [2.05, 4.69) is 5.32 Å². The summed E-state index contributed by atoms with van der Waals surface area (Å²) in [6.07, 6.45) is 6.87. The number of carbonyl (C=O) groups is 1. The number of hydrazone groups is 1. The fourth-order valence-electron chi connectivity index (χ4n) is 4.67. The van der Waals surface area contributed by atoms with E-state index < -0.39 is 0 Å². The number of halogens is 2. The Morgan fingerprint density at radius 3 is 2.38 bits per heavy atom. The van der Waals surface area contributed by atoms with Gasteiger partial charge in [-0.3, -0.25) is 9.80 Å². The summed E-state index contributed by atoms with van der Waals surface area (Å²) in [5, 5.41) is 11.0. The Kier molecular flexibility index (Phi) is 7.27. The van der Waals surface area contributed by atoms with Crippen molar-refractivity contribution in [2.24, 2.45) is 11.0 Å². The second kappa shape index (κ2) is 10.1. The molecule has 0 radical (unpaired) electrons. The Bertz CT molecular complexity index is 985. The van der Waals surface area contributed by atoms with Gasteiger partial charge in [-0.05, 0) is 48.7 Å².